The molecule has 2 N–H and O–H groups in total. The van der Waals surface area contributed by atoms with Crippen LogP contribution in [-0.2, 0) is 4.79 Å². The van der Waals surface area contributed by atoms with Gasteiger partial charge in [-0.05, 0) is 58.8 Å². The second kappa shape index (κ2) is 12.7. The Morgan fingerprint density at radius 2 is 1.27 bits per heavy atom. The van der Waals surface area contributed by atoms with Crippen LogP contribution in [0, 0.1) is 0 Å². The minimum absolute atomic E-state index is 0.0559. The normalized spacial score (nSPS) is 11.2. The van der Waals surface area contributed by atoms with Gasteiger partial charge in [-0.25, -0.2) is 0 Å². The number of Topliss-reactive ketones (excluding diaryl/α,β-unsaturated/α-hetero) is 1. The van der Waals surface area contributed by atoms with E-state index in [0.29, 0.717) is 22.6 Å². The van der Waals surface area contributed by atoms with Crippen LogP contribution >= 0.6 is 11.8 Å². The Bertz CT molecular complexity index is 1680. The van der Waals surface area contributed by atoms with Gasteiger partial charge >= 0.3 is 0 Å². The van der Waals surface area contributed by atoms with E-state index in [1.165, 1.54) is 11.8 Å². The summed E-state index contributed by atoms with van der Waals surface area (Å²) in [5.41, 5.74) is 2.64. The molecular formula is C34H26N2O3S. The van der Waals surface area contributed by atoms with Gasteiger partial charge < -0.3 is 10.6 Å². The predicted octanol–water partition coefficient (Wildman–Crippen LogP) is 7.22. The molecule has 5 aromatic carbocycles. The van der Waals surface area contributed by atoms with Crippen LogP contribution in [0.25, 0.3) is 16.8 Å². The average Bonchev–Trinajstić information content (AvgIpc) is 3.01. The lowest BCUT2D eigenvalue weighted by Crippen LogP contribution is -2.30. The number of amides is 2. The molecule has 5 nitrogen and oxygen atoms in total. The first-order chi connectivity index (χ1) is 19.6. The van der Waals surface area contributed by atoms with Gasteiger partial charge in [0, 0.05) is 21.7 Å². The topological polar surface area (TPSA) is 75.3 Å². The van der Waals surface area contributed by atoms with Gasteiger partial charge in [0.15, 0.2) is 5.78 Å². The molecule has 196 valence electrons. The largest absolute Gasteiger partial charge is 0.321 e. The van der Waals surface area contributed by atoms with Crippen molar-refractivity contribution in [3.05, 3.63) is 150 Å². The molecule has 0 heterocycles. The third-order valence-electron chi connectivity index (χ3n) is 6.23. The van der Waals surface area contributed by atoms with E-state index in [4.69, 9.17) is 0 Å². The fourth-order valence-corrected chi connectivity index (χ4v) is 4.96. The van der Waals surface area contributed by atoms with E-state index >= 15 is 0 Å². The molecule has 0 aliphatic rings. The maximum Gasteiger partial charge on any atom is 0.272 e. The zero-order valence-electron chi connectivity index (χ0n) is 21.5. The number of hydrogen-bond acceptors (Lipinski definition) is 4. The van der Waals surface area contributed by atoms with Crippen molar-refractivity contribution in [3.8, 4) is 0 Å². The van der Waals surface area contributed by atoms with Crippen LogP contribution in [0.3, 0.4) is 0 Å². The molecule has 6 heteroatoms. The minimum Gasteiger partial charge on any atom is -0.321 e. The molecule has 0 aliphatic carbocycles. The van der Waals surface area contributed by atoms with Crippen LogP contribution in [0.15, 0.2) is 138 Å². The minimum atomic E-state index is -0.447. The fourth-order valence-electron chi connectivity index (χ4n) is 4.16. The molecule has 0 aliphatic heterocycles. The lowest BCUT2D eigenvalue weighted by molar-refractivity contribution is -0.113. The Balaban J connectivity index is 1.33. The number of rotatable bonds is 9. The molecule has 0 spiro atoms. The third-order valence-corrected chi connectivity index (χ3v) is 7.24. The van der Waals surface area contributed by atoms with Crippen molar-refractivity contribution in [1.29, 1.82) is 0 Å². The summed E-state index contributed by atoms with van der Waals surface area (Å²) in [6.45, 7) is 0. The van der Waals surface area contributed by atoms with Crippen LogP contribution in [-0.4, -0.2) is 23.4 Å². The number of benzene rings is 5. The number of ketones is 1. The van der Waals surface area contributed by atoms with Gasteiger partial charge in [0.1, 0.15) is 5.70 Å². The van der Waals surface area contributed by atoms with Crippen LogP contribution in [0.1, 0.15) is 26.3 Å². The maximum absolute atomic E-state index is 13.4. The Labute approximate surface area is 236 Å². The molecule has 0 saturated carbocycles. The Morgan fingerprint density at radius 1 is 0.650 bits per heavy atom. The smallest absolute Gasteiger partial charge is 0.272 e. The van der Waals surface area contributed by atoms with E-state index < -0.39 is 5.91 Å². The standard InChI is InChI=1S/C34H26N2O3S/c37-32(25-11-3-1-4-12-25)23-40-29-20-18-28(19-21-29)35-34(39)31(36-33(38)26-13-5-2-6-14-26)22-27-16-9-15-24-10-7-8-17-30(24)27/h1-22H,23H2,(H,35,39)(H,36,38)/b31-22-. The summed E-state index contributed by atoms with van der Waals surface area (Å²) in [5, 5.41) is 7.68. The average molecular weight is 543 g/mol. The SMILES string of the molecule is O=C(Nc1ccc(SCC(=O)c2ccccc2)cc1)/C(=C/c1cccc2ccccc12)NC(=O)c1ccccc1. The van der Waals surface area contributed by atoms with Crippen LogP contribution in [0.4, 0.5) is 5.69 Å². The summed E-state index contributed by atoms with van der Waals surface area (Å²) in [6.07, 6.45) is 1.69. The van der Waals surface area contributed by atoms with Crippen molar-refractivity contribution in [3.63, 3.8) is 0 Å². The van der Waals surface area contributed by atoms with E-state index in [9.17, 15) is 14.4 Å². The van der Waals surface area contributed by atoms with Gasteiger partial charge in [0.25, 0.3) is 11.8 Å². The molecule has 0 fully saturated rings. The van der Waals surface area contributed by atoms with Crippen molar-refractivity contribution >= 4 is 51.9 Å². The number of thioether (sulfide) groups is 1. The molecule has 0 atom stereocenters. The second-order valence-electron chi connectivity index (χ2n) is 9.00. The van der Waals surface area contributed by atoms with E-state index in [0.717, 1.165) is 21.2 Å². The first-order valence-corrected chi connectivity index (χ1v) is 13.7. The van der Waals surface area contributed by atoms with Crippen LogP contribution in [0.2, 0.25) is 0 Å². The first kappa shape index (κ1) is 26.7. The Kier molecular flexibility index (Phi) is 8.49. The summed E-state index contributed by atoms with van der Waals surface area (Å²) in [6, 6.07) is 38.9. The van der Waals surface area contributed by atoms with Gasteiger partial charge in [-0.2, -0.15) is 0 Å². The zero-order valence-corrected chi connectivity index (χ0v) is 22.4. The number of nitrogens with one attached hydrogen (secondary N) is 2. The van der Waals surface area contributed by atoms with Gasteiger partial charge in [0.05, 0.1) is 5.75 Å². The highest BCUT2D eigenvalue weighted by atomic mass is 32.2. The highest BCUT2D eigenvalue weighted by molar-refractivity contribution is 8.00. The maximum atomic E-state index is 13.4. The highest BCUT2D eigenvalue weighted by Gasteiger charge is 2.16. The molecule has 0 bridgehead atoms. The quantitative estimate of drug-likeness (QED) is 0.117. The third kappa shape index (κ3) is 6.73. The monoisotopic (exact) mass is 542 g/mol. The molecule has 5 aromatic rings. The van der Waals surface area contributed by atoms with E-state index in [1.54, 1.807) is 54.6 Å². The molecule has 2 amide bonds. The summed E-state index contributed by atoms with van der Waals surface area (Å²) in [5.74, 6) is -0.451. The molecule has 0 radical (unpaired) electrons. The van der Waals surface area contributed by atoms with Crippen molar-refractivity contribution in [2.75, 3.05) is 11.1 Å². The summed E-state index contributed by atoms with van der Waals surface area (Å²) >= 11 is 1.44. The van der Waals surface area contributed by atoms with E-state index in [-0.39, 0.29) is 17.4 Å². The zero-order chi connectivity index (χ0) is 27.7. The Morgan fingerprint density at radius 3 is 2.00 bits per heavy atom. The summed E-state index contributed by atoms with van der Waals surface area (Å²) in [4.78, 5) is 39.7. The molecule has 0 aromatic heterocycles. The lowest BCUT2D eigenvalue weighted by atomic mass is 10.0. The van der Waals surface area contributed by atoms with Gasteiger partial charge in [0.2, 0.25) is 0 Å². The predicted molar refractivity (Wildman–Crippen MR) is 162 cm³/mol. The van der Waals surface area contributed by atoms with Gasteiger partial charge in [-0.3, -0.25) is 14.4 Å². The molecule has 0 saturated heterocycles. The van der Waals surface area contributed by atoms with Crippen LogP contribution < -0.4 is 10.6 Å². The highest BCUT2D eigenvalue weighted by Crippen LogP contribution is 2.23. The van der Waals surface area contributed by atoms with Gasteiger partial charge in [-0.15, -0.1) is 11.8 Å². The molecule has 0 unspecified atom stereocenters. The van der Waals surface area contributed by atoms with Gasteiger partial charge in [-0.1, -0.05) is 91.0 Å². The first-order valence-electron chi connectivity index (χ1n) is 12.8. The number of hydrogen-bond donors (Lipinski definition) is 2. The Hall–Kier alpha value is -4.94. The van der Waals surface area contributed by atoms with Crippen LogP contribution in [0.5, 0.6) is 0 Å². The van der Waals surface area contributed by atoms with Crippen molar-refractivity contribution in [1.82, 2.24) is 5.32 Å². The van der Waals surface area contributed by atoms with E-state index in [1.807, 2.05) is 78.9 Å². The van der Waals surface area contributed by atoms with Crippen molar-refractivity contribution in [2.24, 2.45) is 0 Å². The number of carbonyl (C=O) groups excluding carboxylic acids is 3. The molecular weight excluding hydrogens is 516 g/mol. The van der Waals surface area contributed by atoms with E-state index in [2.05, 4.69) is 10.6 Å². The number of fused-ring (bicyclic) bond motifs is 1. The fraction of sp³-hybridized carbons (Fsp3) is 0.0294. The van der Waals surface area contributed by atoms with Crippen molar-refractivity contribution in [2.45, 2.75) is 4.90 Å². The summed E-state index contributed by atoms with van der Waals surface area (Å²) in [7, 11) is 0. The second-order valence-corrected chi connectivity index (χ2v) is 10.1. The summed E-state index contributed by atoms with van der Waals surface area (Å²) < 4.78 is 0. The van der Waals surface area contributed by atoms with Crippen molar-refractivity contribution < 1.29 is 14.4 Å². The number of carbonyl (C=O) groups is 3. The number of anilines is 1. The molecule has 5 rings (SSSR count). The molecule has 40 heavy (non-hydrogen) atoms. The lowest BCUT2D eigenvalue weighted by Gasteiger charge is -2.12.